The van der Waals surface area contributed by atoms with E-state index in [0.29, 0.717) is 17.5 Å². The van der Waals surface area contributed by atoms with Crippen LogP contribution in [-0.2, 0) is 0 Å². The van der Waals surface area contributed by atoms with Crippen LogP contribution in [0.4, 0.5) is 5.88 Å². The van der Waals surface area contributed by atoms with Gasteiger partial charge in [-0.2, -0.15) is 0 Å². The molecule has 0 aliphatic carbocycles. The monoisotopic (exact) mass is 331 g/mol. The van der Waals surface area contributed by atoms with Crippen LogP contribution in [0.5, 0.6) is 5.75 Å². The van der Waals surface area contributed by atoms with Gasteiger partial charge in [0.05, 0.1) is 23.7 Å². The van der Waals surface area contributed by atoms with Gasteiger partial charge in [0.1, 0.15) is 16.4 Å². The van der Waals surface area contributed by atoms with Gasteiger partial charge in [0.2, 0.25) is 0 Å². The molecule has 8 heteroatoms. The normalized spacial score (nSPS) is 11.3. The Hall–Kier alpha value is -2.74. The number of benzene rings is 1. The number of imidazole rings is 1. The summed E-state index contributed by atoms with van der Waals surface area (Å²) >= 11 is 1.36. The molecule has 0 spiro atoms. The molecule has 1 aromatic carbocycles. The number of hydrogen-bond donors (Lipinski definition) is 1. The number of nitro groups is 1. The molecule has 118 valence electrons. The number of nitrogens with one attached hydrogen (secondary N) is 1. The molecule has 0 radical (unpaired) electrons. The van der Waals surface area contributed by atoms with E-state index in [0.717, 1.165) is 16.8 Å². The van der Waals surface area contributed by atoms with Crippen molar-refractivity contribution in [3.63, 3.8) is 0 Å². The van der Waals surface area contributed by atoms with Crippen LogP contribution in [0.25, 0.3) is 17.1 Å². The van der Waals surface area contributed by atoms with Gasteiger partial charge < -0.3 is 14.1 Å². The molecule has 7 nitrogen and oxygen atoms in total. The number of H-pyrrole nitrogens is 1. The minimum absolute atomic E-state index is 0.276. The summed E-state index contributed by atoms with van der Waals surface area (Å²) < 4.78 is 10.5. The van der Waals surface area contributed by atoms with E-state index in [-0.39, 0.29) is 5.88 Å². The van der Waals surface area contributed by atoms with E-state index in [4.69, 9.17) is 9.15 Å². The average Bonchev–Trinajstić information content (AvgIpc) is 3.13. The maximum atomic E-state index is 10.5. The van der Waals surface area contributed by atoms with Gasteiger partial charge in [0.15, 0.2) is 5.16 Å². The highest BCUT2D eigenvalue weighted by molar-refractivity contribution is 8.02. The van der Waals surface area contributed by atoms with Crippen LogP contribution < -0.4 is 4.74 Å². The molecular formula is C15H13N3O4S. The number of fused-ring (bicyclic) bond motifs is 1. The van der Waals surface area contributed by atoms with E-state index >= 15 is 0 Å². The lowest BCUT2D eigenvalue weighted by molar-refractivity contribution is -0.402. The highest BCUT2D eigenvalue weighted by atomic mass is 32.2. The van der Waals surface area contributed by atoms with E-state index in [9.17, 15) is 10.1 Å². The molecule has 0 amide bonds. The van der Waals surface area contributed by atoms with Crippen molar-refractivity contribution in [1.29, 1.82) is 0 Å². The summed E-state index contributed by atoms with van der Waals surface area (Å²) in [7, 11) is 0. The molecule has 1 N–H and O–H groups in total. The molecule has 0 saturated carbocycles. The van der Waals surface area contributed by atoms with Crippen molar-refractivity contribution in [2.24, 2.45) is 0 Å². The summed E-state index contributed by atoms with van der Waals surface area (Å²) in [6.45, 7) is 2.54. The summed E-state index contributed by atoms with van der Waals surface area (Å²) in [4.78, 5) is 17.6. The zero-order chi connectivity index (χ0) is 16.2. The fourth-order valence-corrected chi connectivity index (χ4v) is 2.62. The van der Waals surface area contributed by atoms with E-state index in [2.05, 4.69) is 9.97 Å². The van der Waals surface area contributed by atoms with Gasteiger partial charge >= 0.3 is 5.88 Å². The molecule has 2 heterocycles. The van der Waals surface area contributed by atoms with E-state index in [1.165, 1.54) is 17.8 Å². The van der Waals surface area contributed by atoms with Crippen LogP contribution in [0.15, 0.2) is 45.3 Å². The molecule has 0 bridgehead atoms. The van der Waals surface area contributed by atoms with Crippen LogP contribution >= 0.6 is 11.8 Å². The fourth-order valence-electron chi connectivity index (χ4n) is 1.97. The molecule has 3 rings (SSSR count). The highest BCUT2D eigenvalue weighted by Crippen LogP contribution is 2.25. The van der Waals surface area contributed by atoms with Crippen LogP contribution in [0.2, 0.25) is 0 Å². The lowest BCUT2D eigenvalue weighted by Gasteiger charge is -2.00. The number of rotatable bonds is 6. The van der Waals surface area contributed by atoms with Crippen molar-refractivity contribution >= 4 is 34.8 Å². The van der Waals surface area contributed by atoms with E-state index in [1.807, 2.05) is 25.1 Å². The van der Waals surface area contributed by atoms with E-state index < -0.39 is 4.92 Å². The number of furan rings is 1. The summed E-state index contributed by atoms with van der Waals surface area (Å²) in [6.07, 6.45) is 1.65. The third-order valence-electron chi connectivity index (χ3n) is 2.95. The largest absolute Gasteiger partial charge is 0.494 e. The van der Waals surface area contributed by atoms with Crippen LogP contribution in [0.1, 0.15) is 12.7 Å². The SMILES string of the molecule is CCOc1ccc2nc(S/C=C/c3ccc([N+](=O)[O-])o3)[nH]c2c1. The second kappa shape index (κ2) is 6.57. The summed E-state index contributed by atoms with van der Waals surface area (Å²) in [5.74, 6) is 0.930. The first-order chi connectivity index (χ1) is 11.2. The van der Waals surface area contributed by atoms with Crippen LogP contribution in [0, 0.1) is 10.1 Å². The topological polar surface area (TPSA) is 94.2 Å². The number of aromatic nitrogens is 2. The van der Waals surface area contributed by atoms with Crippen molar-refractivity contribution in [3.05, 3.63) is 51.6 Å². The third-order valence-corrected chi connectivity index (χ3v) is 3.64. The maximum Gasteiger partial charge on any atom is 0.433 e. The molecule has 0 aliphatic rings. The molecule has 2 aromatic heterocycles. The van der Waals surface area contributed by atoms with Crippen molar-refractivity contribution in [3.8, 4) is 5.75 Å². The van der Waals surface area contributed by atoms with Crippen molar-refractivity contribution in [2.75, 3.05) is 6.61 Å². The third kappa shape index (κ3) is 3.54. The quantitative estimate of drug-likeness (QED) is 0.413. The number of nitrogens with zero attached hydrogens (tertiary/aromatic N) is 2. The van der Waals surface area contributed by atoms with Gasteiger partial charge in [-0.15, -0.1) is 0 Å². The zero-order valence-corrected chi connectivity index (χ0v) is 13.0. The van der Waals surface area contributed by atoms with Crippen LogP contribution in [0.3, 0.4) is 0 Å². The average molecular weight is 331 g/mol. The summed E-state index contributed by atoms with van der Waals surface area (Å²) in [5.41, 5.74) is 1.73. The lowest BCUT2D eigenvalue weighted by Crippen LogP contribution is -1.90. The Balaban J connectivity index is 1.70. The first-order valence-electron chi connectivity index (χ1n) is 6.85. The van der Waals surface area contributed by atoms with Gasteiger partial charge in [0.25, 0.3) is 0 Å². The molecule has 0 saturated heterocycles. The highest BCUT2D eigenvalue weighted by Gasteiger charge is 2.10. The maximum absolute atomic E-state index is 10.5. The van der Waals surface area contributed by atoms with Gasteiger partial charge in [-0.05, 0) is 36.6 Å². The Kier molecular flexibility index (Phi) is 4.33. The van der Waals surface area contributed by atoms with Gasteiger partial charge in [0, 0.05) is 6.07 Å². The zero-order valence-electron chi connectivity index (χ0n) is 12.2. The first kappa shape index (κ1) is 15.2. The number of hydrogen-bond acceptors (Lipinski definition) is 6. The van der Waals surface area contributed by atoms with Crippen molar-refractivity contribution < 1.29 is 14.1 Å². The Bertz CT molecular complexity index is 869. The second-order valence-corrected chi connectivity index (χ2v) is 5.40. The summed E-state index contributed by atoms with van der Waals surface area (Å²) in [5, 5.41) is 13.0. The molecule has 23 heavy (non-hydrogen) atoms. The van der Waals surface area contributed by atoms with Crippen LogP contribution in [-0.4, -0.2) is 21.5 Å². The molecular weight excluding hydrogens is 318 g/mol. The second-order valence-electron chi connectivity index (χ2n) is 4.51. The predicted octanol–water partition coefficient (Wildman–Crippen LogP) is 4.23. The van der Waals surface area contributed by atoms with Gasteiger partial charge in [-0.1, -0.05) is 11.8 Å². The molecule has 0 aliphatic heterocycles. The minimum atomic E-state index is -0.570. The van der Waals surface area contributed by atoms with Crippen molar-refractivity contribution in [1.82, 2.24) is 9.97 Å². The molecule has 0 unspecified atom stereocenters. The standard InChI is InChI=1S/C15H13N3O4S/c1-2-21-11-3-5-12-13(9-11)17-15(16-12)23-8-7-10-4-6-14(22-10)18(19)20/h3-9H,2H2,1H3,(H,16,17)/b8-7+. The fraction of sp³-hybridized carbons (Fsp3) is 0.133. The lowest BCUT2D eigenvalue weighted by atomic mass is 10.3. The summed E-state index contributed by atoms with van der Waals surface area (Å²) in [6, 6.07) is 8.53. The Morgan fingerprint density at radius 1 is 1.43 bits per heavy atom. The Morgan fingerprint density at radius 2 is 2.30 bits per heavy atom. The Labute approximate surface area is 135 Å². The van der Waals surface area contributed by atoms with Gasteiger partial charge in [-0.25, -0.2) is 4.98 Å². The number of thioether (sulfide) groups is 1. The van der Waals surface area contributed by atoms with Gasteiger partial charge in [-0.3, -0.25) is 10.1 Å². The molecule has 0 fully saturated rings. The number of aromatic amines is 1. The molecule has 3 aromatic rings. The molecule has 0 atom stereocenters. The predicted molar refractivity (Wildman–Crippen MR) is 87.5 cm³/mol. The van der Waals surface area contributed by atoms with E-state index in [1.54, 1.807) is 17.6 Å². The smallest absolute Gasteiger partial charge is 0.433 e. The Morgan fingerprint density at radius 3 is 3.04 bits per heavy atom. The first-order valence-corrected chi connectivity index (χ1v) is 7.73. The van der Waals surface area contributed by atoms with Crippen molar-refractivity contribution in [2.45, 2.75) is 12.1 Å². The number of ether oxygens (including phenoxy) is 1. The minimum Gasteiger partial charge on any atom is -0.494 e.